The number of nitrogens with zero attached hydrogens (tertiary/aromatic N) is 3. The molecule has 2 N–H and O–H groups in total. The molecule has 1 heterocycles. The first kappa shape index (κ1) is 11.2. The maximum absolute atomic E-state index is 8.83. The number of hydrogen-bond acceptors (Lipinski definition) is 5. The Balaban J connectivity index is 2.35. The molecule has 0 radical (unpaired) electrons. The second kappa shape index (κ2) is 4.68. The zero-order valence-electron chi connectivity index (χ0n) is 8.59. The molecule has 0 saturated heterocycles. The van der Waals surface area contributed by atoms with Crippen LogP contribution in [0.4, 0.5) is 5.69 Å². The number of nitrogen functional groups attached to an aromatic ring is 1. The van der Waals surface area contributed by atoms with Crippen LogP contribution in [0.25, 0.3) is 0 Å². The summed E-state index contributed by atoms with van der Waals surface area (Å²) in [6, 6.07) is 6.68. The van der Waals surface area contributed by atoms with E-state index in [0.29, 0.717) is 16.5 Å². The highest BCUT2D eigenvalue weighted by Crippen LogP contribution is 2.29. The zero-order chi connectivity index (χ0) is 12.3. The quantitative estimate of drug-likeness (QED) is 0.823. The monoisotopic (exact) mass is 246 g/mol. The molecule has 0 saturated carbocycles. The number of rotatable bonds is 2. The highest BCUT2D eigenvalue weighted by molar-refractivity contribution is 6.30. The third-order valence-electron chi connectivity index (χ3n) is 1.95. The van der Waals surface area contributed by atoms with Gasteiger partial charge in [0.25, 0.3) is 5.88 Å². The molecule has 0 spiro atoms. The molecule has 1 aromatic heterocycles. The summed E-state index contributed by atoms with van der Waals surface area (Å²) in [6.07, 6.45) is 2.85. The molecular formula is C11H7ClN4O. The van der Waals surface area contributed by atoms with Crippen LogP contribution in [-0.2, 0) is 0 Å². The van der Waals surface area contributed by atoms with Crippen molar-refractivity contribution in [2.24, 2.45) is 0 Å². The van der Waals surface area contributed by atoms with Crippen LogP contribution in [0.2, 0.25) is 5.02 Å². The number of halogens is 1. The first-order valence-electron chi connectivity index (χ1n) is 4.64. The van der Waals surface area contributed by atoms with E-state index in [9.17, 15) is 0 Å². The Bertz CT molecular complexity index is 594. The van der Waals surface area contributed by atoms with Crippen molar-refractivity contribution in [1.29, 1.82) is 5.26 Å². The largest absolute Gasteiger partial charge is 0.434 e. The van der Waals surface area contributed by atoms with E-state index >= 15 is 0 Å². The fraction of sp³-hybridized carbons (Fsp3) is 0. The normalized spacial score (nSPS) is 9.65. The molecule has 1 aromatic carbocycles. The smallest absolute Gasteiger partial charge is 0.256 e. The standard InChI is InChI=1S/C11H7ClN4O/c12-7-1-2-10(8(14)5-7)17-11-9(6-13)15-3-4-16-11/h1-5H,14H2. The lowest BCUT2D eigenvalue weighted by Crippen LogP contribution is -1.97. The van der Waals surface area contributed by atoms with Gasteiger partial charge in [-0.2, -0.15) is 5.26 Å². The van der Waals surface area contributed by atoms with Gasteiger partial charge in [-0.25, -0.2) is 9.97 Å². The van der Waals surface area contributed by atoms with Crippen LogP contribution < -0.4 is 10.5 Å². The van der Waals surface area contributed by atoms with Crippen molar-refractivity contribution < 1.29 is 4.74 Å². The molecule has 6 heteroatoms. The van der Waals surface area contributed by atoms with E-state index < -0.39 is 0 Å². The molecule has 0 aliphatic carbocycles. The van der Waals surface area contributed by atoms with Crippen molar-refractivity contribution in [3.8, 4) is 17.7 Å². The summed E-state index contributed by atoms with van der Waals surface area (Å²) in [6.45, 7) is 0. The van der Waals surface area contributed by atoms with E-state index in [2.05, 4.69) is 9.97 Å². The van der Waals surface area contributed by atoms with E-state index in [4.69, 9.17) is 27.3 Å². The third-order valence-corrected chi connectivity index (χ3v) is 2.18. The number of nitriles is 1. The van der Waals surface area contributed by atoms with Gasteiger partial charge in [0.1, 0.15) is 6.07 Å². The minimum atomic E-state index is 0.0989. The Morgan fingerprint density at radius 3 is 2.76 bits per heavy atom. The Morgan fingerprint density at radius 1 is 1.29 bits per heavy atom. The van der Waals surface area contributed by atoms with Gasteiger partial charge in [0.15, 0.2) is 5.75 Å². The lowest BCUT2D eigenvalue weighted by molar-refractivity contribution is 0.460. The first-order chi connectivity index (χ1) is 8.20. The number of benzene rings is 1. The van der Waals surface area contributed by atoms with Crippen LogP contribution >= 0.6 is 11.6 Å². The molecule has 0 aliphatic rings. The lowest BCUT2D eigenvalue weighted by Gasteiger charge is -2.07. The van der Waals surface area contributed by atoms with Crippen LogP contribution in [0.15, 0.2) is 30.6 Å². The Morgan fingerprint density at radius 2 is 2.06 bits per heavy atom. The van der Waals surface area contributed by atoms with Crippen molar-refractivity contribution in [2.75, 3.05) is 5.73 Å². The van der Waals surface area contributed by atoms with Crippen molar-refractivity contribution in [3.63, 3.8) is 0 Å². The first-order valence-corrected chi connectivity index (χ1v) is 5.02. The van der Waals surface area contributed by atoms with Gasteiger partial charge in [0, 0.05) is 17.4 Å². The van der Waals surface area contributed by atoms with Gasteiger partial charge in [0.2, 0.25) is 5.69 Å². The molecule has 5 nitrogen and oxygen atoms in total. The second-order valence-corrected chi connectivity index (χ2v) is 3.54. The summed E-state index contributed by atoms with van der Waals surface area (Å²) < 4.78 is 5.41. The number of aromatic nitrogens is 2. The molecule has 2 aromatic rings. The highest BCUT2D eigenvalue weighted by atomic mass is 35.5. The number of anilines is 1. The number of hydrogen-bond donors (Lipinski definition) is 1. The van der Waals surface area contributed by atoms with Gasteiger partial charge in [-0.3, -0.25) is 0 Å². The topological polar surface area (TPSA) is 84.8 Å². The van der Waals surface area contributed by atoms with Crippen LogP contribution in [0.1, 0.15) is 5.69 Å². The molecule has 0 bridgehead atoms. The van der Waals surface area contributed by atoms with Gasteiger partial charge in [-0.15, -0.1) is 0 Å². The Kier molecular flexibility index (Phi) is 3.08. The van der Waals surface area contributed by atoms with E-state index in [1.807, 2.05) is 6.07 Å². The minimum absolute atomic E-state index is 0.0989. The molecule has 0 fully saturated rings. The minimum Gasteiger partial charge on any atom is -0.434 e. The zero-order valence-corrected chi connectivity index (χ0v) is 9.35. The predicted molar refractivity (Wildman–Crippen MR) is 62.7 cm³/mol. The van der Waals surface area contributed by atoms with Crippen LogP contribution in [0.3, 0.4) is 0 Å². The molecule has 84 valence electrons. The van der Waals surface area contributed by atoms with Gasteiger partial charge < -0.3 is 10.5 Å². The molecule has 0 aliphatic heterocycles. The lowest BCUT2D eigenvalue weighted by atomic mass is 10.3. The van der Waals surface area contributed by atoms with Crippen molar-refractivity contribution >= 4 is 17.3 Å². The Labute approximate surface area is 102 Å². The summed E-state index contributed by atoms with van der Waals surface area (Å²) in [4.78, 5) is 7.74. The number of nitrogens with two attached hydrogens (primary N) is 1. The maximum atomic E-state index is 8.83. The third kappa shape index (κ3) is 2.44. The van der Waals surface area contributed by atoms with Gasteiger partial charge >= 0.3 is 0 Å². The second-order valence-electron chi connectivity index (χ2n) is 3.11. The van der Waals surface area contributed by atoms with E-state index in [-0.39, 0.29) is 11.6 Å². The van der Waals surface area contributed by atoms with Crippen LogP contribution in [0, 0.1) is 11.3 Å². The number of ether oxygens (including phenoxy) is 1. The van der Waals surface area contributed by atoms with Crippen LogP contribution in [0.5, 0.6) is 11.6 Å². The molecule has 0 amide bonds. The summed E-state index contributed by atoms with van der Waals surface area (Å²) in [5.74, 6) is 0.496. The summed E-state index contributed by atoms with van der Waals surface area (Å²) >= 11 is 5.76. The Hall–Kier alpha value is -2.32. The molecule has 17 heavy (non-hydrogen) atoms. The average molecular weight is 247 g/mol. The molecule has 0 atom stereocenters. The van der Waals surface area contributed by atoms with Crippen molar-refractivity contribution in [1.82, 2.24) is 9.97 Å². The van der Waals surface area contributed by atoms with E-state index in [1.54, 1.807) is 18.2 Å². The van der Waals surface area contributed by atoms with Crippen molar-refractivity contribution in [3.05, 3.63) is 41.3 Å². The summed E-state index contributed by atoms with van der Waals surface area (Å²) in [7, 11) is 0. The van der Waals surface area contributed by atoms with Gasteiger partial charge in [-0.1, -0.05) is 11.6 Å². The van der Waals surface area contributed by atoms with Crippen molar-refractivity contribution in [2.45, 2.75) is 0 Å². The molecule has 0 unspecified atom stereocenters. The maximum Gasteiger partial charge on any atom is 0.256 e. The van der Waals surface area contributed by atoms with Crippen LogP contribution in [-0.4, -0.2) is 9.97 Å². The van der Waals surface area contributed by atoms with Gasteiger partial charge in [-0.05, 0) is 18.2 Å². The molecule has 2 rings (SSSR count). The highest BCUT2D eigenvalue weighted by Gasteiger charge is 2.09. The van der Waals surface area contributed by atoms with Gasteiger partial charge in [0.05, 0.1) is 5.69 Å². The fourth-order valence-corrected chi connectivity index (χ4v) is 1.37. The fourth-order valence-electron chi connectivity index (χ4n) is 1.19. The average Bonchev–Trinajstić information content (AvgIpc) is 2.33. The van der Waals surface area contributed by atoms with E-state index in [1.165, 1.54) is 12.4 Å². The summed E-state index contributed by atoms with van der Waals surface area (Å²) in [5.41, 5.74) is 6.19. The summed E-state index contributed by atoms with van der Waals surface area (Å²) in [5, 5.41) is 9.33. The molecular weight excluding hydrogens is 240 g/mol. The van der Waals surface area contributed by atoms with E-state index in [0.717, 1.165) is 0 Å². The SMILES string of the molecule is N#Cc1nccnc1Oc1ccc(Cl)cc1N. The predicted octanol–water partition coefficient (Wildman–Crippen LogP) is 2.38.